The molecule has 0 aliphatic carbocycles. The van der Waals surface area contributed by atoms with Crippen molar-refractivity contribution in [2.75, 3.05) is 0 Å². The van der Waals surface area contributed by atoms with Crippen molar-refractivity contribution in [1.82, 2.24) is 0 Å². The van der Waals surface area contributed by atoms with Gasteiger partial charge in [-0.05, 0) is 6.92 Å². The number of carbonyl (C=O) groups is 2. The van der Waals surface area contributed by atoms with Gasteiger partial charge >= 0.3 is 18.1 Å². The number of hydrogen-bond acceptors (Lipinski definition) is 2. The van der Waals surface area contributed by atoms with E-state index in [1.807, 2.05) is 0 Å². The molecule has 0 bridgehead atoms. The molecule has 8 heteroatoms. The Kier molecular flexibility index (Phi) is 3.20. The van der Waals surface area contributed by atoms with E-state index in [0.29, 0.717) is 6.92 Å². The van der Waals surface area contributed by atoms with Crippen LogP contribution in [0.15, 0.2) is 0 Å². The Morgan fingerprint density at radius 3 is 1.57 bits per heavy atom. The van der Waals surface area contributed by atoms with Gasteiger partial charge in [0.05, 0.1) is 0 Å². The molecule has 3 nitrogen and oxygen atoms in total. The van der Waals surface area contributed by atoms with Crippen LogP contribution in [-0.4, -0.2) is 29.0 Å². The highest BCUT2D eigenvalue weighted by Crippen LogP contribution is 2.41. The molecular weight excluding hydrogens is 215 g/mol. The summed E-state index contributed by atoms with van der Waals surface area (Å²) in [4.78, 5) is 20.4. The molecule has 0 aromatic heterocycles. The van der Waals surface area contributed by atoms with Crippen LogP contribution in [0, 0.1) is 5.92 Å². The lowest BCUT2D eigenvalue weighted by Crippen LogP contribution is -2.49. The van der Waals surface area contributed by atoms with E-state index >= 15 is 0 Å². The average molecular weight is 220 g/mol. The maximum absolute atomic E-state index is 12.4. The van der Waals surface area contributed by atoms with Crippen molar-refractivity contribution in [3.8, 4) is 0 Å². The predicted octanol–water partition coefficient (Wildman–Crippen LogP) is 1.47. The molecule has 0 spiro atoms. The molecule has 1 unspecified atom stereocenters. The van der Waals surface area contributed by atoms with Gasteiger partial charge in [0.15, 0.2) is 11.7 Å². The van der Waals surface area contributed by atoms with E-state index < -0.39 is 29.8 Å². The lowest BCUT2D eigenvalue weighted by atomic mass is 9.97. The zero-order chi connectivity index (χ0) is 11.7. The molecule has 0 rings (SSSR count). The number of rotatable bonds is 3. The second-order valence-electron chi connectivity index (χ2n) is 2.50. The molecule has 0 amide bonds. The van der Waals surface area contributed by atoms with E-state index in [-0.39, 0.29) is 0 Å². The van der Waals surface area contributed by atoms with Gasteiger partial charge in [-0.25, -0.2) is 0 Å². The molecule has 82 valence electrons. The van der Waals surface area contributed by atoms with Crippen LogP contribution in [0.2, 0.25) is 0 Å². The number of alkyl halides is 5. The largest absolute Gasteiger partial charge is 0.481 e. The minimum Gasteiger partial charge on any atom is -0.481 e. The normalized spacial score (nSPS) is 15.0. The Balaban J connectivity index is 5.21. The third kappa shape index (κ3) is 2.18. The number of aliphatic carboxylic acids is 1. The van der Waals surface area contributed by atoms with Crippen molar-refractivity contribution >= 4 is 11.8 Å². The van der Waals surface area contributed by atoms with Crippen LogP contribution in [0.1, 0.15) is 6.92 Å². The van der Waals surface area contributed by atoms with Crippen LogP contribution in [-0.2, 0) is 9.59 Å². The van der Waals surface area contributed by atoms with Gasteiger partial charge in [0.2, 0.25) is 0 Å². The molecule has 1 N–H and O–H groups in total. The summed E-state index contributed by atoms with van der Waals surface area (Å²) in [5.74, 6) is -13.2. The quantitative estimate of drug-likeness (QED) is 0.578. The van der Waals surface area contributed by atoms with Crippen molar-refractivity contribution in [3.63, 3.8) is 0 Å². The zero-order valence-corrected chi connectivity index (χ0v) is 6.73. The lowest BCUT2D eigenvalue weighted by Gasteiger charge is -2.23. The molecular formula is C6H5F5O3. The minimum atomic E-state index is -6.05. The molecule has 0 radical (unpaired) electrons. The second-order valence-corrected chi connectivity index (χ2v) is 2.50. The summed E-state index contributed by atoms with van der Waals surface area (Å²) in [5.41, 5.74) is 0. The fourth-order valence-corrected chi connectivity index (χ4v) is 0.748. The van der Waals surface area contributed by atoms with Gasteiger partial charge in [-0.15, -0.1) is 0 Å². The Morgan fingerprint density at radius 1 is 1.14 bits per heavy atom. The third-order valence-electron chi connectivity index (χ3n) is 1.39. The van der Waals surface area contributed by atoms with Gasteiger partial charge in [0, 0.05) is 0 Å². The SMILES string of the molecule is CC(=O)C(C(=O)O)C(F)(F)C(F)(F)F. The van der Waals surface area contributed by atoms with Crippen LogP contribution < -0.4 is 0 Å². The lowest BCUT2D eigenvalue weighted by molar-refractivity contribution is -0.296. The molecule has 0 aliphatic heterocycles. The van der Waals surface area contributed by atoms with Gasteiger partial charge in [-0.3, -0.25) is 9.59 Å². The number of halogens is 5. The van der Waals surface area contributed by atoms with E-state index in [1.54, 1.807) is 0 Å². The van der Waals surface area contributed by atoms with Crippen molar-refractivity contribution in [2.45, 2.75) is 19.0 Å². The number of Topliss-reactive ketones (excluding diaryl/α,β-unsaturated/α-hetero) is 1. The standard InChI is InChI=1S/C6H5F5O3/c1-2(12)3(4(13)14)5(7,8)6(9,10)11/h3H,1H3,(H,13,14). The first-order chi connectivity index (χ1) is 6.01. The van der Waals surface area contributed by atoms with E-state index in [1.165, 1.54) is 0 Å². The van der Waals surface area contributed by atoms with Gasteiger partial charge in [0.25, 0.3) is 0 Å². The summed E-state index contributed by atoms with van der Waals surface area (Å²) in [7, 11) is 0. The van der Waals surface area contributed by atoms with Crippen LogP contribution in [0.25, 0.3) is 0 Å². The summed E-state index contributed by atoms with van der Waals surface area (Å²) in [6, 6.07) is 0. The first kappa shape index (κ1) is 12.8. The van der Waals surface area contributed by atoms with E-state index in [4.69, 9.17) is 5.11 Å². The Bertz CT molecular complexity index is 243. The molecule has 0 fully saturated rings. The van der Waals surface area contributed by atoms with Crippen molar-refractivity contribution in [2.24, 2.45) is 5.92 Å². The highest BCUT2D eigenvalue weighted by molar-refractivity contribution is 5.98. The predicted molar refractivity (Wildman–Crippen MR) is 32.8 cm³/mol. The van der Waals surface area contributed by atoms with E-state index in [9.17, 15) is 31.5 Å². The van der Waals surface area contributed by atoms with Crippen LogP contribution in [0.4, 0.5) is 22.0 Å². The summed E-state index contributed by atoms with van der Waals surface area (Å²) in [5, 5.41) is 8.04. The molecule has 0 heterocycles. The summed E-state index contributed by atoms with van der Waals surface area (Å²) >= 11 is 0. The fourth-order valence-electron chi connectivity index (χ4n) is 0.748. The summed E-state index contributed by atoms with van der Waals surface area (Å²) in [6.07, 6.45) is -6.05. The van der Waals surface area contributed by atoms with E-state index in [0.717, 1.165) is 0 Å². The molecule has 0 aromatic carbocycles. The van der Waals surface area contributed by atoms with Gasteiger partial charge < -0.3 is 5.11 Å². The zero-order valence-electron chi connectivity index (χ0n) is 6.73. The monoisotopic (exact) mass is 220 g/mol. The van der Waals surface area contributed by atoms with Crippen LogP contribution in [0.3, 0.4) is 0 Å². The number of carboxylic acid groups (broad SMARTS) is 1. The molecule has 0 aliphatic rings. The second kappa shape index (κ2) is 3.50. The van der Waals surface area contributed by atoms with Crippen molar-refractivity contribution in [3.05, 3.63) is 0 Å². The molecule has 0 saturated carbocycles. The summed E-state index contributed by atoms with van der Waals surface area (Å²) in [6.45, 7) is 0.360. The Morgan fingerprint density at radius 2 is 1.50 bits per heavy atom. The van der Waals surface area contributed by atoms with Gasteiger partial charge in [-0.2, -0.15) is 22.0 Å². The van der Waals surface area contributed by atoms with Crippen LogP contribution >= 0.6 is 0 Å². The Hall–Kier alpha value is -1.21. The first-order valence-corrected chi connectivity index (χ1v) is 3.19. The Labute approximate surface area is 74.5 Å². The summed E-state index contributed by atoms with van der Waals surface area (Å²) < 4.78 is 59.7. The molecule has 1 atom stereocenters. The van der Waals surface area contributed by atoms with E-state index in [2.05, 4.69) is 0 Å². The highest BCUT2D eigenvalue weighted by Gasteiger charge is 2.66. The number of carboxylic acids is 1. The minimum absolute atomic E-state index is 0.360. The third-order valence-corrected chi connectivity index (χ3v) is 1.39. The molecule has 0 aromatic rings. The highest BCUT2D eigenvalue weighted by atomic mass is 19.4. The van der Waals surface area contributed by atoms with Crippen molar-refractivity contribution < 1.29 is 36.6 Å². The van der Waals surface area contributed by atoms with Crippen molar-refractivity contribution in [1.29, 1.82) is 0 Å². The fraction of sp³-hybridized carbons (Fsp3) is 0.667. The number of ketones is 1. The smallest absolute Gasteiger partial charge is 0.454 e. The first-order valence-electron chi connectivity index (χ1n) is 3.19. The number of hydrogen-bond donors (Lipinski definition) is 1. The van der Waals surface area contributed by atoms with Gasteiger partial charge in [-0.1, -0.05) is 0 Å². The average Bonchev–Trinajstić information content (AvgIpc) is 1.79. The van der Waals surface area contributed by atoms with Crippen LogP contribution in [0.5, 0.6) is 0 Å². The number of carbonyl (C=O) groups excluding carboxylic acids is 1. The topological polar surface area (TPSA) is 54.4 Å². The molecule has 0 saturated heterocycles. The maximum atomic E-state index is 12.4. The van der Waals surface area contributed by atoms with Gasteiger partial charge in [0.1, 0.15) is 0 Å². The molecule has 14 heavy (non-hydrogen) atoms. The maximum Gasteiger partial charge on any atom is 0.454 e.